The zero-order chi connectivity index (χ0) is 28.5. The summed E-state index contributed by atoms with van der Waals surface area (Å²) >= 11 is 12.7. The van der Waals surface area contributed by atoms with Gasteiger partial charge >= 0.3 is 6.09 Å². The molecule has 0 unspecified atom stereocenters. The number of piperazine rings is 1. The molecule has 39 heavy (non-hydrogen) atoms. The van der Waals surface area contributed by atoms with Crippen LogP contribution < -0.4 is 4.90 Å². The molecule has 2 amide bonds. The summed E-state index contributed by atoms with van der Waals surface area (Å²) in [7, 11) is 0. The molecule has 0 spiro atoms. The van der Waals surface area contributed by atoms with E-state index < -0.39 is 17.6 Å². The van der Waals surface area contributed by atoms with Crippen LogP contribution in [0.4, 0.5) is 10.6 Å². The second kappa shape index (κ2) is 11.9. The second-order valence-electron chi connectivity index (χ2n) is 11.7. The van der Waals surface area contributed by atoms with Crippen LogP contribution in [0.1, 0.15) is 82.0 Å². The minimum atomic E-state index is -0.636. The lowest BCUT2D eigenvalue weighted by atomic mass is 9.96. The highest BCUT2D eigenvalue weighted by Crippen LogP contribution is 2.46. The van der Waals surface area contributed by atoms with Gasteiger partial charge in [-0.1, -0.05) is 30.7 Å². The van der Waals surface area contributed by atoms with Gasteiger partial charge in [-0.15, -0.1) is 11.6 Å². The van der Waals surface area contributed by atoms with Crippen molar-refractivity contribution in [2.75, 3.05) is 37.6 Å². The van der Waals surface area contributed by atoms with Crippen molar-refractivity contribution in [3.05, 3.63) is 52.4 Å². The fraction of sp³-hybridized carbons (Fsp3) is 0.586. The smallest absolute Gasteiger partial charge is 0.410 e. The molecule has 1 aliphatic carbocycles. The Hall–Kier alpha value is -2.58. The maximum atomic E-state index is 14.0. The van der Waals surface area contributed by atoms with Gasteiger partial charge in [0.25, 0.3) is 0 Å². The van der Waals surface area contributed by atoms with E-state index >= 15 is 0 Å². The SMILES string of the molecule is CC(C)N(C[C@@H](C(=O)N1CCN(c2ncnc3c2[C@H](C)C[C@H]3Cl)CC1)c1ccc(Cl)cc1)C(=O)OC(C)(C)C. The van der Waals surface area contributed by atoms with Crippen molar-refractivity contribution in [3.8, 4) is 0 Å². The van der Waals surface area contributed by atoms with Gasteiger partial charge in [-0.3, -0.25) is 4.79 Å². The zero-order valence-electron chi connectivity index (χ0n) is 23.7. The molecule has 2 aromatic rings. The van der Waals surface area contributed by atoms with E-state index in [-0.39, 0.29) is 23.9 Å². The van der Waals surface area contributed by atoms with Crippen LogP contribution in [0.5, 0.6) is 0 Å². The number of nitrogens with zero attached hydrogens (tertiary/aromatic N) is 5. The van der Waals surface area contributed by atoms with Crippen LogP contribution in [0.3, 0.4) is 0 Å². The van der Waals surface area contributed by atoms with Crippen LogP contribution in [0.2, 0.25) is 5.02 Å². The number of rotatable bonds is 6. The Kier molecular flexibility index (Phi) is 8.96. The number of amides is 2. The molecule has 1 aromatic heterocycles. The topological polar surface area (TPSA) is 78.9 Å². The first-order chi connectivity index (χ1) is 18.4. The normalized spacial score (nSPS) is 20.1. The quantitative estimate of drug-likeness (QED) is 0.393. The van der Waals surface area contributed by atoms with Gasteiger partial charge in [-0.05, 0) is 64.7 Å². The van der Waals surface area contributed by atoms with Crippen molar-refractivity contribution in [1.29, 1.82) is 0 Å². The summed E-state index contributed by atoms with van der Waals surface area (Å²) in [6.07, 6.45) is 2.01. The van der Waals surface area contributed by atoms with Gasteiger partial charge in [-0.2, -0.15) is 0 Å². The monoisotopic (exact) mass is 575 g/mol. The molecule has 2 heterocycles. The molecule has 2 aliphatic rings. The maximum Gasteiger partial charge on any atom is 0.410 e. The van der Waals surface area contributed by atoms with E-state index in [9.17, 15) is 9.59 Å². The predicted octanol–water partition coefficient (Wildman–Crippen LogP) is 6.00. The highest BCUT2D eigenvalue weighted by molar-refractivity contribution is 6.30. The Bertz CT molecular complexity index is 1180. The summed E-state index contributed by atoms with van der Waals surface area (Å²) in [5, 5.41) is 0.505. The van der Waals surface area contributed by atoms with E-state index in [4.69, 9.17) is 27.9 Å². The third-order valence-corrected chi connectivity index (χ3v) is 7.97. The number of carbonyl (C=O) groups excluding carboxylic acids is 2. The number of halogens is 2. The number of ether oxygens (including phenoxy) is 1. The minimum Gasteiger partial charge on any atom is -0.444 e. The standard InChI is InChI=1S/C29H39Cl2N5O3/c1-18(2)36(28(38)39-29(4,5)6)16-22(20-7-9-21(30)10-8-20)27(37)35-13-11-34(12-14-35)26-24-19(3)15-23(31)25(24)32-17-33-26/h7-10,17-19,22-23H,11-16H2,1-6H3/t19-,22-,23-/m1/s1. The fourth-order valence-electron chi connectivity index (χ4n) is 5.31. The van der Waals surface area contributed by atoms with Gasteiger partial charge in [0, 0.05) is 49.4 Å². The Balaban J connectivity index is 1.53. The summed E-state index contributed by atoms with van der Waals surface area (Å²) < 4.78 is 5.67. The first kappa shape index (κ1) is 29.4. The molecule has 212 valence electrons. The van der Waals surface area contributed by atoms with E-state index in [1.54, 1.807) is 23.4 Å². The number of fused-ring (bicyclic) bond motifs is 1. The van der Waals surface area contributed by atoms with Crippen LogP contribution in [-0.4, -0.2) is 76.1 Å². The first-order valence-corrected chi connectivity index (χ1v) is 14.4. The molecule has 0 bridgehead atoms. The number of alkyl halides is 1. The highest BCUT2D eigenvalue weighted by Gasteiger charge is 2.36. The van der Waals surface area contributed by atoms with Crippen molar-refractivity contribution < 1.29 is 14.3 Å². The van der Waals surface area contributed by atoms with E-state index in [0.717, 1.165) is 29.1 Å². The van der Waals surface area contributed by atoms with Gasteiger partial charge in [-0.25, -0.2) is 14.8 Å². The molecule has 8 nitrogen and oxygen atoms in total. The van der Waals surface area contributed by atoms with Crippen molar-refractivity contribution >= 4 is 41.0 Å². The Morgan fingerprint density at radius 1 is 1.10 bits per heavy atom. The first-order valence-electron chi connectivity index (χ1n) is 13.6. The van der Waals surface area contributed by atoms with Crippen molar-refractivity contribution in [1.82, 2.24) is 19.8 Å². The van der Waals surface area contributed by atoms with E-state index in [1.807, 2.05) is 51.7 Å². The molecule has 0 N–H and O–H groups in total. The Morgan fingerprint density at radius 2 is 1.74 bits per heavy atom. The molecule has 0 radical (unpaired) electrons. The van der Waals surface area contributed by atoms with Crippen LogP contribution in [-0.2, 0) is 9.53 Å². The summed E-state index contributed by atoms with van der Waals surface area (Å²) in [4.78, 5) is 41.9. The lowest BCUT2D eigenvalue weighted by Crippen LogP contribution is -2.52. The summed E-state index contributed by atoms with van der Waals surface area (Å²) in [6.45, 7) is 14.2. The number of hydrogen-bond acceptors (Lipinski definition) is 6. The van der Waals surface area contributed by atoms with Crippen molar-refractivity contribution in [2.45, 2.75) is 76.8 Å². The van der Waals surface area contributed by atoms with E-state index in [0.29, 0.717) is 37.1 Å². The molecule has 3 atom stereocenters. The molecular weight excluding hydrogens is 537 g/mol. The van der Waals surface area contributed by atoms with Crippen LogP contribution in [0.25, 0.3) is 0 Å². The predicted molar refractivity (Wildman–Crippen MR) is 155 cm³/mol. The second-order valence-corrected chi connectivity index (χ2v) is 12.7. The number of anilines is 1. The van der Waals surface area contributed by atoms with Crippen molar-refractivity contribution in [3.63, 3.8) is 0 Å². The third-order valence-electron chi connectivity index (χ3n) is 7.34. The number of hydrogen-bond donors (Lipinski definition) is 0. The van der Waals surface area contributed by atoms with Crippen LogP contribution >= 0.6 is 23.2 Å². The maximum absolute atomic E-state index is 14.0. The van der Waals surface area contributed by atoms with Crippen LogP contribution in [0, 0.1) is 0 Å². The van der Waals surface area contributed by atoms with Crippen LogP contribution in [0.15, 0.2) is 30.6 Å². The number of aromatic nitrogens is 2. The average Bonchev–Trinajstić information content (AvgIpc) is 3.17. The fourth-order valence-corrected chi connectivity index (χ4v) is 5.87. The molecule has 1 saturated heterocycles. The van der Waals surface area contributed by atoms with E-state index in [1.165, 1.54) is 0 Å². The van der Waals surface area contributed by atoms with Gasteiger partial charge in [0.05, 0.1) is 17.0 Å². The molecule has 0 saturated carbocycles. The summed E-state index contributed by atoms with van der Waals surface area (Å²) in [5.41, 5.74) is 2.23. The van der Waals surface area contributed by atoms with Gasteiger partial charge < -0.3 is 19.4 Å². The number of benzene rings is 1. The minimum absolute atomic E-state index is 0.0201. The average molecular weight is 577 g/mol. The van der Waals surface area contributed by atoms with Crippen molar-refractivity contribution in [2.24, 2.45) is 0 Å². The van der Waals surface area contributed by atoms with E-state index in [2.05, 4.69) is 21.8 Å². The molecule has 4 rings (SSSR count). The molecular formula is C29H39Cl2N5O3. The Morgan fingerprint density at radius 3 is 2.33 bits per heavy atom. The third kappa shape index (κ3) is 6.77. The highest BCUT2D eigenvalue weighted by atomic mass is 35.5. The lowest BCUT2D eigenvalue weighted by Gasteiger charge is -2.39. The molecule has 1 aliphatic heterocycles. The van der Waals surface area contributed by atoms with Gasteiger partial charge in [0.2, 0.25) is 5.91 Å². The largest absolute Gasteiger partial charge is 0.444 e. The van der Waals surface area contributed by atoms with Gasteiger partial charge in [0.1, 0.15) is 17.7 Å². The molecule has 10 heteroatoms. The lowest BCUT2D eigenvalue weighted by molar-refractivity contribution is -0.133. The zero-order valence-corrected chi connectivity index (χ0v) is 25.2. The van der Waals surface area contributed by atoms with Gasteiger partial charge in [0.15, 0.2) is 0 Å². The summed E-state index contributed by atoms with van der Waals surface area (Å²) in [6, 6.07) is 7.14. The summed E-state index contributed by atoms with van der Waals surface area (Å²) in [5.74, 6) is 0.646. The number of carbonyl (C=O) groups is 2. The Labute approximate surface area is 241 Å². The molecule has 1 fully saturated rings. The molecule has 1 aromatic carbocycles.